The number of rotatable bonds is 5. The first-order valence-corrected chi connectivity index (χ1v) is 10.1. The van der Waals surface area contributed by atoms with Gasteiger partial charge in [-0.2, -0.15) is 0 Å². The van der Waals surface area contributed by atoms with Gasteiger partial charge in [0.2, 0.25) is 5.91 Å². The number of nitrogens with one attached hydrogen (secondary N) is 1. The first-order valence-electron chi connectivity index (χ1n) is 7.62. The molecule has 3 aromatic rings. The SMILES string of the molecule is CC(C)Sc1ccc(CC(=O)Nc2nc3c(Br)cccc3s2)cc1. The highest BCUT2D eigenvalue weighted by atomic mass is 79.9. The number of carbonyl (C=O) groups is 1. The number of carbonyl (C=O) groups excluding carboxylic acids is 1. The van der Waals surface area contributed by atoms with Crippen LogP contribution in [0.2, 0.25) is 0 Å². The Morgan fingerprint density at radius 3 is 2.67 bits per heavy atom. The Balaban J connectivity index is 1.65. The van der Waals surface area contributed by atoms with Crippen LogP contribution in [0.1, 0.15) is 19.4 Å². The maximum atomic E-state index is 12.2. The van der Waals surface area contributed by atoms with Crippen LogP contribution in [-0.2, 0) is 11.2 Å². The van der Waals surface area contributed by atoms with Gasteiger partial charge in [-0.3, -0.25) is 4.79 Å². The van der Waals surface area contributed by atoms with E-state index in [-0.39, 0.29) is 5.91 Å². The lowest BCUT2D eigenvalue weighted by Gasteiger charge is -2.06. The summed E-state index contributed by atoms with van der Waals surface area (Å²) < 4.78 is 1.99. The Hall–Kier alpha value is -1.37. The molecule has 0 fully saturated rings. The first-order chi connectivity index (χ1) is 11.5. The summed E-state index contributed by atoms with van der Waals surface area (Å²) in [6.45, 7) is 4.34. The third kappa shape index (κ3) is 4.37. The van der Waals surface area contributed by atoms with Crippen molar-refractivity contribution in [2.75, 3.05) is 5.32 Å². The number of hydrogen-bond acceptors (Lipinski definition) is 4. The van der Waals surface area contributed by atoms with Crippen LogP contribution in [0.25, 0.3) is 10.2 Å². The zero-order valence-electron chi connectivity index (χ0n) is 13.4. The second kappa shape index (κ2) is 7.68. The standard InChI is InChI=1S/C18H17BrN2OS2/c1-11(2)23-13-8-6-12(7-9-13)10-16(22)20-18-21-17-14(19)4-3-5-15(17)24-18/h3-9,11H,10H2,1-2H3,(H,20,21,22). The summed E-state index contributed by atoms with van der Waals surface area (Å²) in [5.74, 6) is -0.0468. The van der Waals surface area contributed by atoms with Crippen LogP contribution in [0.4, 0.5) is 5.13 Å². The summed E-state index contributed by atoms with van der Waals surface area (Å²) in [6.07, 6.45) is 0.351. The van der Waals surface area contributed by atoms with Crippen LogP contribution in [-0.4, -0.2) is 16.1 Å². The van der Waals surface area contributed by atoms with E-state index in [0.717, 1.165) is 20.3 Å². The second-order valence-electron chi connectivity index (χ2n) is 5.64. The molecule has 0 bridgehead atoms. The topological polar surface area (TPSA) is 42.0 Å². The molecule has 124 valence electrons. The number of para-hydroxylation sites is 1. The fourth-order valence-electron chi connectivity index (χ4n) is 2.28. The largest absolute Gasteiger partial charge is 0.302 e. The number of halogens is 1. The van der Waals surface area contributed by atoms with E-state index in [2.05, 4.69) is 52.2 Å². The molecule has 0 aliphatic heterocycles. The summed E-state index contributed by atoms with van der Waals surface area (Å²) in [5.41, 5.74) is 1.88. The van der Waals surface area contributed by atoms with E-state index in [4.69, 9.17) is 0 Å². The molecule has 0 radical (unpaired) electrons. The Morgan fingerprint density at radius 1 is 1.25 bits per heavy atom. The summed E-state index contributed by atoms with van der Waals surface area (Å²) in [4.78, 5) is 17.9. The Morgan fingerprint density at radius 2 is 2.00 bits per heavy atom. The molecule has 3 nitrogen and oxygen atoms in total. The van der Waals surface area contributed by atoms with E-state index < -0.39 is 0 Å². The average molecular weight is 421 g/mol. The van der Waals surface area contributed by atoms with Crippen molar-refractivity contribution in [3.05, 3.63) is 52.5 Å². The van der Waals surface area contributed by atoms with Crippen LogP contribution in [0.15, 0.2) is 51.8 Å². The first kappa shape index (κ1) is 17.5. The fraction of sp³-hybridized carbons (Fsp3) is 0.222. The van der Waals surface area contributed by atoms with Gasteiger partial charge in [-0.25, -0.2) is 4.98 Å². The van der Waals surface area contributed by atoms with Gasteiger partial charge < -0.3 is 5.32 Å². The Bertz CT molecular complexity index is 859. The maximum Gasteiger partial charge on any atom is 0.230 e. The molecule has 24 heavy (non-hydrogen) atoms. The van der Waals surface area contributed by atoms with E-state index in [1.807, 2.05) is 42.1 Å². The van der Waals surface area contributed by atoms with Crippen LogP contribution < -0.4 is 5.32 Å². The van der Waals surface area contributed by atoms with E-state index in [9.17, 15) is 4.79 Å². The van der Waals surface area contributed by atoms with E-state index in [1.54, 1.807) is 0 Å². The molecule has 0 saturated heterocycles. The number of amides is 1. The third-order valence-electron chi connectivity index (χ3n) is 3.28. The summed E-state index contributed by atoms with van der Waals surface area (Å²) >= 11 is 6.79. The number of thiazole rings is 1. The molecule has 1 aromatic heterocycles. The smallest absolute Gasteiger partial charge is 0.230 e. The van der Waals surface area contributed by atoms with Crippen molar-refractivity contribution in [2.24, 2.45) is 0 Å². The summed E-state index contributed by atoms with van der Waals surface area (Å²) in [7, 11) is 0. The van der Waals surface area contributed by atoms with Gasteiger partial charge in [0.1, 0.15) is 0 Å². The molecule has 0 aliphatic rings. The third-order valence-corrected chi connectivity index (χ3v) is 5.87. The Labute approximate surface area is 158 Å². The highest BCUT2D eigenvalue weighted by molar-refractivity contribution is 9.10. The van der Waals surface area contributed by atoms with Crippen molar-refractivity contribution in [2.45, 2.75) is 30.4 Å². The van der Waals surface area contributed by atoms with Crippen molar-refractivity contribution < 1.29 is 4.79 Å². The maximum absolute atomic E-state index is 12.2. The second-order valence-corrected chi connectivity index (χ2v) is 9.18. The molecule has 2 aromatic carbocycles. The predicted octanol–water partition coefficient (Wildman–Crippen LogP) is 5.74. The van der Waals surface area contributed by atoms with Crippen molar-refractivity contribution in [3.63, 3.8) is 0 Å². The van der Waals surface area contributed by atoms with Gasteiger partial charge in [0.25, 0.3) is 0 Å². The van der Waals surface area contributed by atoms with Gasteiger partial charge in [-0.1, -0.05) is 43.4 Å². The average Bonchev–Trinajstić information content (AvgIpc) is 2.92. The van der Waals surface area contributed by atoms with Crippen molar-refractivity contribution in [1.29, 1.82) is 0 Å². The van der Waals surface area contributed by atoms with E-state index in [0.29, 0.717) is 16.8 Å². The number of hydrogen-bond donors (Lipinski definition) is 1. The van der Waals surface area contributed by atoms with Gasteiger partial charge >= 0.3 is 0 Å². The fourth-order valence-corrected chi connectivity index (χ4v) is 4.61. The molecule has 1 N–H and O–H groups in total. The van der Waals surface area contributed by atoms with Crippen LogP contribution in [0.3, 0.4) is 0 Å². The molecule has 3 rings (SSSR count). The lowest BCUT2D eigenvalue weighted by atomic mass is 10.1. The molecule has 0 saturated carbocycles. The number of thioether (sulfide) groups is 1. The number of anilines is 1. The van der Waals surface area contributed by atoms with Gasteiger partial charge in [0.05, 0.1) is 16.6 Å². The van der Waals surface area contributed by atoms with Crippen LogP contribution >= 0.6 is 39.0 Å². The highest BCUT2D eigenvalue weighted by Crippen LogP contribution is 2.31. The predicted molar refractivity (Wildman–Crippen MR) is 107 cm³/mol. The zero-order chi connectivity index (χ0) is 17.1. The zero-order valence-corrected chi connectivity index (χ0v) is 16.6. The number of nitrogens with zero attached hydrogens (tertiary/aromatic N) is 1. The summed E-state index contributed by atoms with van der Waals surface area (Å²) in [6, 6.07) is 14.1. The number of aromatic nitrogens is 1. The van der Waals surface area contributed by atoms with E-state index >= 15 is 0 Å². The van der Waals surface area contributed by atoms with Crippen LogP contribution in [0, 0.1) is 0 Å². The minimum Gasteiger partial charge on any atom is -0.302 e. The molecule has 6 heteroatoms. The molecule has 1 amide bonds. The molecule has 0 spiro atoms. The molecule has 1 heterocycles. The van der Waals surface area contributed by atoms with E-state index in [1.165, 1.54) is 16.2 Å². The summed E-state index contributed by atoms with van der Waals surface area (Å²) in [5, 5.41) is 4.08. The molecular formula is C18H17BrN2OS2. The van der Waals surface area contributed by atoms with Gasteiger partial charge in [0.15, 0.2) is 5.13 Å². The minimum absolute atomic E-state index is 0.0468. The molecular weight excluding hydrogens is 404 g/mol. The minimum atomic E-state index is -0.0468. The molecule has 0 atom stereocenters. The Kier molecular flexibility index (Phi) is 5.58. The lowest BCUT2D eigenvalue weighted by Crippen LogP contribution is -2.14. The number of benzene rings is 2. The normalized spacial score (nSPS) is 11.2. The highest BCUT2D eigenvalue weighted by Gasteiger charge is 2.10. The monoisotopic (exact) mass is 420 g/mol. The lowest BCUT2D eigenvalue weighted by molar-refractivity contribution is -0.115. The van der Waals surface area contributed by atoms with Gasteiger partial charge in [-0.05, 0) is 45.8 Å². The van der Waals surface area contributed by atoms with Crippen molar-refractivity contribution >= 4 is 60.3 Å². The van der Waals surface area contributed by atoms with Gasteiger partial charge in [-0.15, -0.1) is 11.8 Å². The van der Waals surface area contributed by atoms with Crippen molar-refractivity contribution in [1.82, 2.24) is 4.98 Å². The van der Waals surface area contributed by atoms with Gasteiger partial charge in [0, 0.05) is 14.6 Å². The van der Waals surface area contributed by atoms with Crippen LogP contribution in [0.5, 0.6) is 0 Å². The quantitative estimate of drug-likeness (QED) is 0.534. The number of fused-ring (bicyclic) bond motifs is 1. The molecule has 0 aliphatic carbocycles. The molecule has 0 unspecified atom stereocenters. The van der Waals surface area contributed by atoms with Crippen molar-refractivity contribution in [3.8, 4) is 0 Å².